The number of nitrogens with zero attached hydrogens (tertiary/aromatic N) is 4. The van der Waals surface area contributed by atoms with Crippen molar-refractivity contribution < 1.29 is 4.79 Å². The van der Waals surface area contributed by atoms with E-state index < -0.39 is 0 Å². The van der Waals surface area contributed by atoms with Crippen molar-refractivity contribution in [2.75, 3.05) is 36.8 Å². The second-order valence-corrected chi connectivity index (χ2v) is 7.44. The Morgan fingerprint density at radius 3 is 2.39 bits per heavy atom. The van der Waals surface area contributed by atoms with Crippen molar-refractivity contribution in [1.82, 2.24) is 14.9 Å². The average molecular weight is 355 g/mol. The Kier molecular flexibility index (Phi) is 6.00. The molecule has 2 saturated heterocycles. The maximum absolute atomic E-state index is 12.2. The van der Waals surface area contributed by atoms with Crippen LogP contribution in [0.5, 0.6) is 0 Å². The van der Waals surface area contributed by atoms with Gasteiger partial charge in [0.05, 0.1) is 5.75 Å². The minimum atomic E-state index is 0.179. The lowest BCUT2D eigenvalue weighted by atomic mass is 10.1. The number of amides is 1. The molecular weight excluding hydrogens is 332 g/mol. The Hall–Kier alpha value is -1.01. The Labute approximate surface area is 146 Å². The van der Waals surface area contributed by atoms with Gasteiger partial charge in [0.2, 0.25) is 5.91 Å². The van der Waals surface area contributed by atoms with E-state index in [0.29, 0.717) is 16.1 Å². The van der Waals surface area contributed by atoms with E-state index in [-0.39, 0.29) is 5.91 Å². The molecule has 0 aliphatic carbocycles. The number of anilines is 1. The minimum Gasteiger partial charge on any atom is -0.356 e. The van der Waals surface area contributed by atoms with Crippen LogP contribution in [0.1, 0.15) is 38.5 Å². The van der Waals surface area contributed by atoms with Gasteiger partial charge in [-0.15, -0.1) is 0 Å². The molecule has 0 radical (unpaired) electrons. The van der Waals surface area contributed by atoms with Gasteiger partial charge in [-0.05, 0) is 38.5 Å². The number of piperidine rings is 2. The molecule has 5 nitrogen and oxygen atoms in total. The number of hydrogen-bond acceptors (Lipinski definition) is 5. The lowest BCUT2D eigenvalue weighted by Gasteiger charge is -2.28. The fourth-order valence-electron chi connectivity index (χ4n) is 3.10. The standard InChI is InChI=1S/C16H23ClN4OS/c17-13-11-14(20-7-3-1-4-8-20)19-16(18-13)23-12-15(22)21-9-5-2-6-10-21/h11H,1-10,12H2. The average Bonchev–Trinajstić information content (AvgIpc) is 2.61. The van der Waals surface area contributed by atoms with Crippen LogP contribution in [0.2, 0.25) is 5.15 Å². The number of likely N-dealkylation sites (tertiary alicyclic amines) is 1. The van der Waals surface area contributed by atoms with E-state index in [1.165, 1.54) is 37.4 Å². The quantitative estimate of drug-likeness (QED) is 0.472. The van der Waals surface area contributed by atoms with Gasteiger partial charge in [-0.3, -0.25) is 4.79 Å². The predicted molar refractivity (Wildman–Crippen MR) is 94.3 cm³/mol. The van der Waals surface area contributed by atoms with Gasteiger partial charge < -0.3 is 9.80 Å². The van der Waals surface area contributed by atoms with Crippen LogP contribution in [0.25, 0.3) is 0 Å². The van der Waals surface area contributed by atoms with Crippen molar-refractivity contribution in [1.29, 1.82) is 0 Å². The summed E-state index contributed by atoms with van der Waals surface area (Å²) in [6.45, 7) is 3.80. The summed E-state index contributed by atoms with van der Waals surface area (Å²) >= 11 is 7.54. The summed E-state index contributed by atoms with van der Waals surface area (Å²) in [6, 6.07) is 1.82. The smallest absolute Gasteiger partial charge is 0.233 e. The Bertz CT molecular complexity index is 545. The highest BCUT2D eigenvalue weighted by molar-refractivity contribution is 7.99. The summed E-state index contributed by atoms with van der Waals surface area (Å²) in [7, 11) is 0. The Morgan fingerprint density at radius 2 is 1.70 bits per heavy atom. The van der Waals surface area contributed by atoms with Gasteiger partial charge in [0.1, 0.15) is 11.0 Å². The molecule has 3 heterocycles. The van der Waals surface area contributed by atoms with Crippen molar-refractivity contribution in [2.24, 2.45) is 0 Å². The van der Waals surface area contributed by atoms with Crippen LogP contribution < -0.4 is 4.90 Å². The molecule has 0 unspecified atom stereocenters. The van der Waals surface area contributed by atoms with E-state index >= 15 is 0 Å². The van der Waals surface area contributed by atoms with Gasteiger partial charge in [-0.1, -0.05) is 23.4 Å². The highest BCUT2D eigenvalue weighted by Crippen LogP contribution is 2.24. The third-order valence-corrected chi connectivity index (χ3v) is 5.40. The third-order valence-electron chi connectivity index (χ3n) is 4.37. The zero-order valence-electron chi connectivity index (χ0n) is 13.3. The second-order valence-electron chi connectivity index (χ2n) is 6.11. The molecule has 2 aliphatic rings. The second kappa shape index (κ2) is 8.20. The van der Waals surface area contributed by atoms with Crippen LogP contribution in [0.4, 0.5) is 5.82 Å². The summed E-state index contributed by atoms with van der Waals surface area (Å²) in [4.78, 5) is 25.3. The molecule has 126 valence electrons. The normalized spacial score (nSPS) is 19.0. The van der Waals surface area contributed by atoms with Crippen LogP contribution in [-0.4, -0.2) is 52.7 Å². The molecule has 1 aromatic heterocycles. The van der Waals surface area contributed by atoms with Gasteiger partial charge in [0, 0.05) is 32.2 Å². The topological polar surface area (TPSA) is 49.3 Å². The van der Waals surface area contributed by atoms with E-state index in [4.69, 9.17) is 11.6 Å². The zero-order valence-corrected chi connectivity index (χ0v) is 14.9. The van der Waals surface area contributed by atoms with E-state index in [0.717, 1.165) is 44.8 Å². The number of carbonyl (C=O) groups is 1. The lowest BCUT2D eigenvalue weighted by Crippen LogP contribution is -2.36. The first-order chi connectivity index (χ1) is 11.2. The van der Waals surface area contributed by atoms with E-state index in [9.17, 15) is 4.79 Å². The number of aromatic nitrogens is 2. The Morgan fingerprint density at radius 1 is 1.04 bits per heavy atom. The molecule has 0 spiro atoms. The van der Waals surface area contributed by atoms with Gasteiger partial charge in [-0.25, -0.2) is 9.97 Å². The molecule has 0 atom stereocenters. The number of halogens is 1. The first-order valence-corrected chi connectivity index (χ1v) is 9.79. The molecule has 2 aliphatic heterocycles. The van der Waals surface area contributed by atoms with Crippen LogP contribution in [0.15, 0.2) is 11.2 Å². The molecule has 7 heteroatoms. The molecular formula is C16H23ClN4OS. The minimum absolute atomic E-state index is 0.179. The number of hydrogen-bond donors (Lipinski definition) is 0. The summed E-state index contributed by atoms with van der Waals surface area (Å²) in [5, 5.41) is 1.05. The number of thioether (sulfide) groups is 1. The SMILES string of the molecule is O=C(CSc1nc(Cl)cc(N2CCCCC2)n1)N1CCCCC1. The van der Waals surface area contributed by atoms with Crippen molar-refractivity contribution in [2.45, 2.75) is 43.7 Å². The highest BCUT2D eigenvalue weighted by atomic mass is 35.5. The van der Waals surface area contributed by atoms with Gasteiger partial charge in [0.25, 0.3) is 0 Å². The van der Waals surface area contributed by atoms with Gasteiger partial charge in [0.15, 0.2) is 5.16 Å². The fraction of sp³-hybridized carbons (Fsp3) is 0.688. The molecule has 2 fully saturated rings. The van der Waals surface area contributed by atoms with Crippen LogP contribution in [0.3, 0.4) is 0 Å². The zero-order chi connectivity index (χ0) is 16.1. The monoisotopic (exact) mass is 354 g/mol. The van der Waals surface area contributed by atoms with Crippen molar-refractivity contribution >= 4 is 35.1 Å². The van der Waals surface area contributed by atoms with Crippen molar-refractivity contribution in [3.8, 4) is 0 Å². The summed E-state index contributed by atoms with van der Waals surface area (Å²) in [5.41, 5.74) is 0. The molecule has 1 amide bonds. The Balaban J connectivity index is 1.60. The molecule has 0 saturated carbocycles. The van der Waals surface area contributed by atoms with E-state index in [1.807, 2.05) is 11.0 Å². The maximum Gasteiger partial charge on any atom is 0.233 e. The summed E-state index contributed by atoms with van der Waals surface area (Å²) in [5.74, 6) is 1.45. The van der Waals surface area contributed by atoms with Gasteiger partial charge in [-0.2, -0.15) is 0 Å². The summed E-state index contributed by atoms with van der Waals surface area (Å²) < 4.78 is 0. The number of rotatable bonds is 4. The third kappa shape index (κ3) is 4.73. The lowest BCUT2D eigenvalue weighted by molar-refractivity contribution is -0.129. The molecule has 0 aromatic carbocycles. The molecule has 23 heavy (non-hydrogen) atoms. The first-order valence-electron chi connectivity index (χ1n) is 8.42. The highest BCUT2D eigenvalue weighted by Gasteiger charge is 2.18. The molecule has 1 aromatic rings. The fourth-order valence-corrected chi connectivity index (χ4v) is 4.08. The predicted octanol–water partition coefficient (Wildman–Crippen LogP) is 3.22. The maximum atomic E-state index is 12.2. The largest absolute Gasteiger partial charge is 0.356 e. The number of carbonyl (C=O) groups excluding carboxylic acids is 1. The van der Waals surface area contributed by atoms with Crippen molar-refractivity contribution in [3.63, 3.8) is 0 Å². The molecule has 0 bridgehead atoms. The van der Waals surface area contributed by atoms with Gasteiger partial charge >= 0.3 is 0 Å². The summed E-state index contributed by atoms with van der Waals surface area (Å²) in [6.07, 6.45) is 7.12. The van der Waals surface area contributed by atoms with E-state index in [2.05, 4.69) is 14.9 Å². The van der Waals surface area contributed by atoms with Crippen LogP contribution in [-0.2, 0) is 4.79 Å². The van der Waals surface area contributed by atoms with Crippen LogP contribution >= 0.6 is 23.4 Å². The van der Waals surface area contributed by atoms with E-state index in [1.54, 1.807) is 0 Å². The molecule has 3 rings (SSSR count). The first kappa shape index (κ1) is 16.8. The molecule has 0 N–H and O–H groups in total. The van der Waals surface area contributed by atoms with Crippen LogP contribution in [0, 0.1) is 0 Å². The van der Waals surface area contributed by atoms with Crippen molar-refractivity contribution in [3.05, 3.63) is 11.2 Å².